The van der Waals surface area contributed by atoms with Gasteiger partial charge in [-0.25, -0.2) is 0 Å². The molecular weight excluding hydrogens is 194 g/mol. The maximum absolute atomic E-state index is 9.92. The zero-order valence-electron chi connectivity index (χ0n) is 8.70. The molecule has 0 aliphatic carbocycles. The number of aromatic hydroxyl groups is 1. The van der Waals surface area contributed by atoms with Crippen LogP contribution in [0.5, 0.6) is 11.5 Å². The second kappa shape index (κ2) is 3.82. The van der Waals surface area contributed by atoms with Crippen molar-refractivity contribution >= 4 is 10.9 Å². The minimum absolute atomic E-state index is 0.145. The average Bonchev–Trinajstić information content (AvgIpc) is 2.67. The van der Waals surface area contributed by atoms with E-state index in [1.54, 1.807) is 7.11 Å². The van der Waals surface area contributed by atoms with Crippen molar-refractivity contribution in [1.29, 1.82) is 0 Å². The smallest absolute Gasteiger partial charge is 0.170 e. The molecule has 0 fully saturated rings. The summed E-state index contributed by atoms with van der Waals surface area (Å²) in [7, 11) is 3.13. The number of hydrogen-bond donors (Lipinski definition) is 2. The van der Waals surface area contributed by atoms with Crippen molar-refractivity contribution in [1.82, 2.24) is 4.98 Å². The molecule has 2 N–H and O–H groups in total. The normalized spacial score (nSPS) is 10.8. The number of hydrogen-bond acceptors (Lipinski definition) is 3. The number of methoxy groups -OCH3 is 2. The van der Waals surface area contributed by atoms with E-state index in [4.69, 9.17) is 9.47 Å². The van der Waals surface area contributed by atoms with Gasteiger partial charge in [0.25, 0.3) is 0 Å². The standard InChI is InChI=1S/C11H13NO3/c1-14-6-7-5-9-8(3-4-12-9)11(15-2)10(7)13/h3-5,12-13H,6H2,1-2H3. The van der Waals surface area contributed by atoms with Crippen molar-refractivity contribution in [3.8, 4) is 11.5 Å². The lowest BCUT2D eigenvalue weighted by Gasteiger charge is -2.09. The van der Waals surface area contributed by atoms with E-state index in [2.05, 4.69) is 4.98 Å². The lowest BCUT2D eigenvalue weighted by atomic mass is 10.1. The van der Waals surface area contributed by atoms with Crippen molar-refractivity contribution < 1.29 is 14.6 Å². The third-order valence-electron chi connectivity index (χ3n) is 2.37. The minimum atomic E-state index is 0.145. The number of rotatable bonds is 3. The molecule has 0 saturated carbocycles. The lowest BCUT2D eigenvalue weighted by molar-refractivity contribution is 0.181. The first-order valence-corrected chi connectivity index (χ1v) is 4.62. The van der Waals surface area contributed by atoms with Crippen LogP contribution >= 0.6 is 0 Å². The van der Waals surface area contributed by atoms with Gasteiger partial charge in [-0.3, -0.25) is 0 Å². The number of benzene rings is 1. The summed E-state index contributed by atoms with van der Waals surface area (Å²) >= 11 is 0. The molecule has 0 amide bonds. The van der Waals surface area contributed by atoms with E-state index in [9.17, 15) is 5.11 Å². The second-order valence-electron chi connectivity index (χ2n) is 3.29. The van der Waals surface area contributed by atoms with E-state index >= 15 is 0 Å². The van der Waals surface area contributed by atoms with E-state index in [-0.39, 0.29) is 5.75 Å². The molecule has 1 aromatic carbocycles. The van der Waals surface area contributed by atoms with Crippen LogP contribution in [0.3, 0.4) is 0 Å². The highest BCUT2D eigenvalue weighted by Gasteiger charge is 2.13. The maximum atomic E-state index is 9.92. The Labute approximate surface area is 87.4 Å². The zero-order chi connectivity index (χ0) is 10.8. The van der Waals surface area contributed by atoms with Gasteiger partial charge in [-0.2, -0.15) is 0 Å². The number of aromatic amines is 1. The number of phenolic OH excluding ortho intramolecular Hbond substituents is 1. The Kier molecular flexibility index (Phi) is 2.51. The molecule has 1 heterocycles. The molecule has 0 radical (unpaired) electrons. The summed E-state index contributed by atoms with van der Waals surface area (Å²) in [4.78, 5) is 3.07. The molecule has 80 valence electrons. The highest BCUT2D eigenvalue weighted by Crippen LogP contribution is 2.37. The number of nitrogens with one attached hydrogen (secondary N) is 1. The highest BCUT2D eigenvalue weighted by atomic mass is 16.5. The Morgan fingerprint density at radius 2 is 2.20 bits per heavy atom. The largest absolute Gasteiger partial charge is 0.504 e. The number of fused-ring (bicyclic) bond motifs is 1. The van der Waals surface area contributed by atoms with Crippen LogP contribution in [-0.4, -0.2) is 24.3 Å². The zero-order valence-corrected chi connectivity index (χ0v) is 8.70. The lowest BCUT2D eigenvalue weighted by Crippen LogP contribution is -1.92. The second-order valence-corrected chi connectivity index (χ2v) is 3.29. The number of aromatic nitrogens is 1. The first-order valence-electron chi connectivity index (χ1n) is 4.62. The van der Waals surface area contributed by atoms with Gasteiger partial charge >= 0.3 is 0 Å². The van der Waals surface area contributed by atoms with Gasteiger partial charge in [0.05, 0.1) is 13.7 Å². The third kappa shape index (κ3) is 1.53. The van der Waals surface area contributed by atoms with E-state index < -0.39 is 0 Å². The van der Waals surface area contributed by atoms with E-state index in [0.29, 0.717) is 17.9 Å². The van der Waals surface area contributed by atoms with Crippen LogP contribution in [0, 0.1) is 0 Å². The van der Waals surface area contributed by atoms with Gasteiger partial charge in [0.1, 0.15) is 0 Å². The number of phenols is 1. The molecule has 0 spiro atoms. The van der Waals surface area contributed by atoms with Crippen molar-refractivity contribution in [2.24, 2.45) is 0 Å². The third-order valence-corrected chi connectivity index (χ3v) is 2.37. The molecule has 0 unspecified atom stereocenters. The average molecular weight is 207 g/mol. The van der Waals surface area contributed by atoms with Gasteiger partial charge in [0.15, 0.2) is 11.5 Å². The number of H-pyrrole nitrogens is 1. The highest BCUT2D eigenvalue weighted by molar-refractivity contribution is 5.89. The molecule has 0 saturated heterocycles. The first-order chi connectivity index (χ1) is 7.27. The Morgan fingerprint density at radius 3 is 2.87 bits per heavy atom. The molecule has 4 heteroatoms. The van der Waals surface area contributed by atoms with Crippen molar-refractivity contribution in [2.75, 3.05) is 14.2 Å². The summed E-state index contributed by atoms with van der Waals surface area (Å²) < 4.78 is 10.2. The summed E-state index contributed by atoms with van der Waals surface area (Å²) in [6.07, 6.45) is 1.81. The fourth-order valence-corrected chi connectivity index (χ4v) is 1.69. The van der Waals surface area contributed by atoms with Crippen LogP contribution in [0.1, 0.15) is 5.56 Å². The molecule has 4 nitrogen and oxygen atoms in total. The summed E-state index contributed by atoms with van der Waals surface area (Å²) in [6, 6.07) is 3.72. The fourth-order valence-electron chi connectivity index (χ4n) is 1.69. The molecule has 2 aromatic rings. The fraction of sp³-hybridized carbons (Fsp3) is 0.273. The number of ether oxygens (including phenoxy) is 2. The summed E-state index contributed by atoms with van der Waals surface area (Å²) in [6.45, 7) is 0.358. The summed E-state index contributed by atoms with van der Waals surface area (Å²) in [5, 5.41) is 10.8. The molecule has 0 atom stereocenters. The van der Waals surface area contributed by atoms with Gasteiger partial charge in [-0.1, -0.05) is 0 Å². The quantitative estimate of drug-likeness (QED) is 0.809. The first kappa shape index (κ1) is 9.86. The Morgan fingerprint density at radius 1 is 1.40 bits per heavy atom. The predicted molar refractivity (Wildman–Crippen MR) is 57.2 cm³/mol. The van der Waals surface area contributed by atoms with Gasteiger partial charge < -0.3 is 19.6 Å². The van der Waals surface area contributed by atoms with Crippen LogP contribution in [0.25, 0.3) is 10.9 Å². The van der Waals surface area contributed by atoms with E-state index in [0.717, 1.165) is 10.9 Å². The van der Waals surface area contributed by atoms with Crippen LogP contribution in [0.15, 0.2) is 18.3 Å². The topological polar surface area (TPSA) is 54.5 Å². The Balaban J connectivity index is 2.67. The summed E-state index contributed by atoms with van der Waals surface area (Å²) in [5.41, 5.74) is 1.64. The van der Waals surface area contributed by atoms with Crippen LogP contribution in [0.2, 0.25) is 0 Å². The molecule has 2 rings (SSSR count). The van der Waals surface area contributed by atoms with Gasteiger partial charge in [-0.15, -0.1) is 0 Å². The Bertz CT molecular complexity index is 476. The van der Waals surface area contributed by atoms with Crippen LogP contribution in [-0.2, 0) is 11.3 Å². The van der Waals surface area contributed by atoms with Crippen LogP contribution in [0.4, 0.5) is 0 Å². The van der Waals surface area contributed by atoms with Crippen molar-refractivity contribution in [3.05, 3.63) is 23.9 Å². The summed E-state index contributed by atoms with van der Waals surface area (Å²) in [5.74, 6) is 0.632. The van der Waals surface area contributed by atoms with Crippen molar-refractivity contribution in [3.63, 3.8) is 0 Å². The van der Waals surface area contributed by atoms with E-state index in [1.165, 1.54) is 7.11 Å². The minimum Gasteiger partial charge on any atom is -0.504 e. The van der Waals surface area contributed by atoms with Gasteiger partial charge in [0.2, 0.25) is 0 Å². The Hall–Kier alpha value is -1.68. The SMILES string of the molecule is COCc1cc2[nH]ccc2c(OC)c1O. The van der Waals surface area contributed by atoms with Crippen molar-refractivity contribution in [2.45, 2.75) is 6.61 Å². The monoisotopic (exact) mass is 207 g/mol. The van der Waals surface area contributed by atoms with Crippen LogP contribution < -0.4 is 4.74 Å². The molecular formula is C11H13NO3. The van der Waals surface area contributed by atoms with Gasteiger partial charge in [-0.05, 0) is 12.1 Å². The van der Waals surface area contributed by atoms with E-state index in [1.807, 2.05) is 18.3 Å². The molecule has 15 heavy (non-hydrogen) atoms. The van der Waals surface area contributed by atoms with Gasteiger partial charge in [0, 0.05) is 29.8 Å². The molecule has 0 aliphatic heterocycles. The predicted octanol–water partition coefficient (Wildman–Crippen LogP) is 2.03. The molecule has 0 bridgehead atoms. The maximum Gasteiger partial charge on any atom is 0.170 e. The molecule has 0 aliphatic rings. The molecule has 1 aromatic heterocycles.